The lowest BCUT2D eigenvalue weighted by Crippen LogP contribution is -2.30. The van der Waals surface area contributed by atoms with Gasteiger partial charge in [0.05, 0.1) is 16.4 Å². The third kappa shape index (κ3) is 4.89. The maximum Gasteiger partial charge on any atom is 0.262 e. The Morgan fingerprint density at radius 2 is 1.81 bits per heavy atom. The highest BCUT2D eigenvalue weighted by atomic mass is 32.2. The number of nitrogens with one attached hydrogen (secondary N) is 1. The summed E-state index contributed by atoms with van der Waals surface area (Å²) < 4.78 is 32.3. The summed E-state index contributed by atoms with van der Waals surface area (Å²) in [4.78, 5) is 12.5. The van der Waals surface area contributed by atoms with Crippen molar-refractivity contribution >= 4 is 21.6 Å². The number of anilines is 1. The first-order valence-electron chi connectivity index (χ1n) is 10.3. The molecule has 0 unspecified atom stereocenters. The zero-order valence-electron chi connectivity index (χ0n) is 18.0. The van der Waals surface area contributed by atoms with Gasteiger partial charge in [-0.15, -0.1) is 0 Å². The van der Waals surface area contributed by atoms with Gasteiger partial charge in [-0.2, -0.15) is 9.57 Å². The van der Waals surface area contributed by atoms with E-state index in [1.54, 1.807) is 45.0 Å². The monoisotopic (exact) mass is 441 g/mol. The van der Waals surface area contributed by atoms with Crippen LogP contribution in [0.15, 0.2) is 47.4 Å². The van der Waals surface area contributed by atoms with Crippen molar-refractivity contribution in [1.82, 2.24) is 4.31 Å². The van der Waals surface area contributed by atoms with Crippen LogP contribution in [0.2, 0.25) is 0 Å². The second-order valence-electron chi connectivity index (χ2n) is 7.62. The highest BCUT2D eigenvalue weighted by molar-refractivity contribution is 7.89. The summed E-state index contributed by atoms with van der Waals surface area (Å²) in [7, 11) is -3.55. The lowest BCUT2D eigenvalue weighted by atomic mass is 9.98. The van der Waals surface area contributed by atoms with Crippen LogP contribution in [0.4, 0.5) is 5.69 Å². The van der Waals surface area contributed by atoms with E-state index in [9.17, 15) is 18.5 Å². The Hall–Kier alpha value is -2.89. The van der Waals surface area contributed by atoms with Crippen molar-refractivity contribution in [3.8, 4) is 11.8 Å². The van der Waals surface area contributed by atoms with E-state index in [2.05, 4.69) is 11.4 Å². The molecule has 7 nitrogen and oxygen atoms in total. The first-order chi connectivity index (χ1) is 14.8. The zero-order chi connectivity index (χ0) is 22.6. The van der Waals surface area contributed by atoms with Gasteiger partial charge in [-0.25, -0.2) is 8.42 Å². The number of ether oxygens (including phenoxy) is 1. The van der Waals surface area contributed by atoms with E-state index < -0.39 is 10.0 Å². The largest absolute Gasteiger partial charge is 0.483 e. The number of carbonyl (C=O) groups is 1. The van der Waals surface area contributed by atoms with Crippen LogP contribution in [0.3, 0.4) is 0 Å². The number of nitrogens with zero attached hydrogens (tertiary/aromatic N) is 2. The fourth-order valence-electron chi connectivity index (χ4n) is 3.46. The summed E-state index contributed by atoms with van der Waals surface area (Å²) >= 11 is 0. The molecule has 0 bridgehead atoms. The van der Waals surface area contributed by atoms with E-state index in [0.717, 1.165) is 18.4 Å². The molecule has 1 N–H and O–H groups in total. The highest BCUT2D eigenvalue weighted by Crippen LogP contribution is 2.47. The molecule has 1 fully saturated rings. The number of hydrogen-bond donors (Lipinski definition) is 1. The van der Waals surface area contributed by atoms with Crippen LogP contribution in [0, 0.1) is 18.3 Å². The Labute approximate surface area is 183 Å². The molecule has 1 aliphatic carbocycles. The van der Waals surface area contributed by atoms with Gasteiger partial charge in [-0.1, -0.05) is 26.0 Å². The Morgan fingerprint density at radius 1 is 1.16 bits per heavy atom. The fraction of sp³-hybridized carbons (Fsp3) is 0.391. The third-order valence-electron chi connectivity index (χ3n) is 5.53. The molecule has 0 aromatic heterocycles. The van der Waals surface area contributed by atoms with Gasteiger partial charge in [0.15, 0.2) is 6.61 Å². The SMILES string of the molecule is CCN(CC)S(=O)(=O)c1ccc(OCC(=O)Nc2ccc(C3(C#N)CC3)cc2)c(C)c1. The van der Waals surface area contributed by atoms with Crippen molar-refractivity contribution in [1.29, 1.82) is 5.26 Å². The Kier molecular flexibility index (Phi) is 6.68. The summed E-state index contributed by atoms with van der Waals surface area (Å²) in [5.74, 6) is 0.127. The maximum atomic E-state index is 12.6. The molecule has 0 spiro atoms. The molecule has 0 atom stereocenters. The van der Waals surface area contributed by atoms with E-state index in [1.807, 2.05) is 12.1 Å². The topological polar surface area (TPSA) is 99.5 Å². The molecule has 3 rings (SSSR count). The normalized spacial score (nSPS) is 14.7. The minimum Gasteiger partial charge on any atom is -0.483 e. The number of sulfonamides is 1. The predicted octanol–water partition coefficient (Wildman–Crippen LogP) is 3.60. The van der Waals surface area contributed by atoms with Crippen molar-refractivity contribution in [2.75, 3.05) is 25.0 Å². The number of nitriles is 1. The maximum absolute atomic E-state index is 12.6. The van der Waals surface area contributed by atoms with Crippen molar-refractivity contribution in [2.45, 2.75) is 43.9 Å². The van der Waals surface area contributed by atoms with Crippen LogP contribution in [0.1, 0.15) is 37.8 Å². The lowest BCUT2D eigenvalue weighted by Gasteiger charge is -2.19. The first-order valence-corrected chi connectivity index (χ1v) is 11.7. The Balaban J connectivity index is 1.60. The summed E-state index contributed by atoms with van der Waals surface area (Å²) in [6, 6.07) is 14.3. The molecule has 1 amide bonds. The molecule has 8 heteroatoms. The van der Waals surface area contributed by atoms with E-state index in [4.69, 9.17) is 4.74 Å². The molecule has 31 heavy (non-hydrogen) atoms. The first kappa shape index (κ1) is 22.8. The molecular weight excluding hydrogens is 414 g/mol. The van der Waals surface area contributed by atoms with Crippen LogP contribution in [-0.2, 0) is 20.2 Å². The van der Waals surface area contributed by atoms with Crippen LogP contribution in [-0.4, -0.2) is 38.3 Å². The fourth-order valence-corrected chi connectivity index (χ4v) is 5.00. The second kappa shape index (κ2) is 9.08. The highest BCUT2D eigenvalue weighted by Gasteiger charge is 2.44. The molecule has 2 aromatic carbocycles. The average Bonchev–Trinajstić information content (AvgIpc) is 3.55. The van der Waals surface area contributed by atoms with Gasteiger partial charge in [0, 0.05) is 18.8 Å². The smallest absolute Gasteiger partial charge is 0.262 e. The van der Waals surface area contributed by atoms with Crippen molar-refractivity contribution in [3.05, 3.63) is 53.6 Å². The molecule has 0 heterocycles. The minimum atomic E-state index is -3.55. The van der Waals surface area contributed by atoms with Crippen molar-refractivity contribution < 1.29 is 17.9 Å². The van der Waals surface area contributed by atoms with Gasteiger partial charge in [-0.05, 0) is 61.2 Å². The van der Waals surface area contributed by atoms with Gasteiger partial charge in [0.25, 0.3) is 5.91 Å². The molecular formula is C23H27N3O4S. The van der Waals surface area contributed by atoms with Gasteiger partial charge in [0.1, 0.15) is 5.75 Å². The number of amides is 1. The molecule has 1 saturated carbocycles. The molecule has 2 aromatic rings. The van der Waals surface area contributed by atoms with Crippen molar-refractivity contribution in [3.63, 3.8) is 0 Å². The van der Waals surface area contributed by atoms with Crippen LogP contribution >= 0.6 is 0 Å². The predicted molar refractivity (Wildman–Crippen MR) is 118 cm³/mol. The number of benzene rings is 2. The number of rotatable bonds is 9. The second-order valence-corrected chi connectivity index (χ2v) is 9.56. The molecule has 0 aliphatic heterocycles. The summed E-state index contributed by atoms with van der Waals surface area (Å²) in [5.41, 5.74) is 1.88. The molecule has 0 saturated heterocycles. The van der Waals surface area contributed by atoms with Crippen LogP contribution < -0.4 is 10.1 Å². The lowest BCUT2D eigenvalue weighted by molar-refractivity contribution is -0.118. The standard InChI is InChI=1S/C23H27N3O4S/c1-4-26(5-2)31(28,29)20-10-11-21(17(3)14-20)30-15-22(27)25-19-8-6-18(7-9-19)23(16-24)12-13-23/h6-11,14H,4-5,12-13,15H2,1-3H3,(H,25,27). The van der Waals surface area contributed by atoms with Gasteiger partial charge < -0.3 is 10.1 Å². The van der Waals surface area contributed by atoms with Gasteiger partial charge >= 0.3 is 0 Å². The third-order valence-corrected chi connectivity index (χ3v) is 7.58. The van der Waals surface area contributed by atoms with Gasteiger partial charge in [0.2, 0.25) is 10.0 Å². The van der Waals surface area contributed by atoms with Crippen LogP contribution in [0.25, 0.3) is 0 Å². The molecule has 0 radical (unpaired) electrons. The van der Waals surface area contributed by atoms with Crippen molar-refractivity contribution in [2.24, 2.45) is 0 Å². The Bertz CT molecular complexity index is 1100. The van der Waals surface area contributed by atoms with E-state index in [0.29, 0.717) is 30.1 Å². The molecule has 1 aliphatic rings. The average molecular weight is 442 g/mol. The van der Waals surface area contributed by atoms with Crippen LogP contribution in [0.5, 0.6) is 5.75 Å². The van der Waals surface area contributed by atoms with E-state index in [1.165, 1.54) is 10.4 Å². The zero-order valence-corrected chi connectivity index (χ0v) is 18.8. The summed E-state index contributed by atoms with van der Waals surface area (Å²) in [6.45, 7) is 5.93. The summed E-state index contributed by atoms with van der Waals surface area (Å²) in [6.07, 6.45) is 1.74. The molecule has 164 valence electrons. The number of hydrogen-bond acceptors (Lipinski definition) is 5. The minimum absolute atomic E-state index is 0.202. The van der Waals surface area contributed by atoms with E-state index >= 15 is 0 Å². The van der Waals surface area contributed by atoms with E-state index in [-0.39, 0.29) is 22.8 Å². The summed E-state index contributed by atoms with van der Waals surface area (Å²) in [5, 5.41) is 12.0. The quantitative estimate of drug-likeness (QED) is 0.641. The number of aryl methyl sites for hydroxylation is 1. The van der Waals surface area contributed by atoms with Gasteiger partial charge in [-0.3, -0.25) is 4.79 Å². The number of carbonyl (C=O) groups excluding carboxylic acids is 1. The Morgan fingerprint density at radius 3 is 2.32 bits per heavy atom.